The van der Waals surface area contributed by atoms with Crippen molar-refractivity contribution in [3.63, 3.8) is 0 Å². The quantitative estimate of drug-likeness (QED) is 0.384. The first-order chi connectivity index (χ1) is 16.4. The first-order valence-electron chi connectivity index (χ1n) is 14.0. The van der Waals surface area contributed by atoms with Gasteiger partial charge in [-0.15, -0.1) is 0 Å². The van der Waals surface area contributed by atoms with Gasteiger partial charge in [0.05, 0.1) is 17.6 Å². The van der Waals surface area contributed by atoms with Gasteiger partial charge in [-0.05, 0) is 93.0 Å². The molecule has 0 heterocycles. The summed E-state index contributed by atoms with van der Waals surface area (Å²) >= 11 is 0. The average molecular weight is 501 g/mol. The normalized spacial score (nSPS) is 40.8. The monoisotopic (exact) mass is 500 g/mol. The molecule has 0 saturated heterocycles. The fourth-order valence-corrected chi connectivity index (χ4v) is 9.40. The van der Waals surface area contributed by atoms with Crippen molar-refractivity contribution in [2.45, 2.75) is 118 Å². The number of fused-ring (bicyclic) bond motifs is 4. The topological polar surface area (TPSA) is 94.8 Å². The minimum atomic E-state index is -1.05. The molecule has 5 nitrogen and oxygen atoms in total. The maximum Gasteiger partial charge on any atom is 0.306 e. The molecule has 0 spiro atoms. The highest BCUT2D eigenvalue weighted by Gasteiger charge is 2.66. The van der Waals surface area contributed by atoms with Gasteiger partial charge in [0.25, 0.3) is 0 Å². The van der Waals surface area contributed by atoms with E-state index in [2.05, 4.69) is 41.2 Å². The Labute approximate surface area is 217 Å². The highest BCUT2D eigenvalue weighted by Crippen LogP contribution is 2.72. The van der Waals surface area contributed by atoms with Gasteiger partial charge in [0.2, 0.25) is 0 Å². The smallest absolute Gasteiger partial charge is 0.306 e. The van der Waals surface area contributed by atoms with E-state index in [9.17, 15) is 24.9 Å². The number of carboxylic acid groups (broad SMARTS) is 1. The Kier molecular flexibility index (Phi) is 6.53. The first kappa shape index (κ1) is 27.6. The van der Waals surface area contributed by atoms with Gasteiger partial charge in [-0.1, -0.05) is 52.3 Å². The van der Waals surface area contributed by atoms with E-state index in [1.165, 1.54) is 11.1 Å². The van der Waals surface area contributed by atoms with E-state index >= 15 is 0 Å². The van der Waals surface area contributed by atoms with Gasteiger partial charge in [0.15, 0.2) is 0 Å². The predicted octanol–water partition coefficient (Wildman–Crippen LogP) is 6.08. The number of carbonyl (C=O) groups is 2. The molecule has 0 aromatic heterocycles. The zero-order valence-electron chi connectivity index (χ0n) is 23.5. The van der Waals surface area contributed by atoms with Crippen LogP contribution in [0.2, 0.25) is 0 Å². The number of hydrogen-bond donors (Lipinski definition) is 3. The fraction of sp³-hybridized carbons (Fsp3) is 0.806. The lowest BCUT2D eigenvalue weighted by atomic mass is 9.43. The Balaban J connectivity index is 1.71. The number of carbonyl (C=O) groups excluding carboxylic acids is 1. The molecule has 2 fully saturated rings. The van der Waals surface area contributed by atoms with Crippen molar-refractivity contribution in [2.24, 2.45) is 39.4 Å². The van der Waals surface area contributed by atoms with Gasteiger partial charge < -0.3 is 15.3 Å². The van der Waals surface area contributed by atoms with Crippen LogP contribution in [0.25, 0.3) is 0 Å². The number of Topliss-reactive ketones (excluding diaryl/α,β-unsaturated/α-hetero) is 1. The fourth-order valence-electron chi connectivity index (χ4n) is 9.40. The van der Waals surface area contributed by atoms with Crippen LogP contribution in [0, 0.1) is 39.4 Å². The number of aliphatic carboxylic acids is 1. The SMILES string of the molecule is C=C(CCC(C(=O)O)C1C(O)CC2(C)C3=C(CCC12C)C1(C)CCC(=O)C(C)(C)C1CC3)C(C)(C)O. The van der Waals surface area contributed by atoms with E-state index in [0.29, 0.717) is 43.0 Å². The summed E-state index contributed by atoms with van der Waals surface area (Å²) in [6.45, 7) is 18.5. The van der Waals surface area contributed by atoms with Gasteiger partial charge >= 0.3 is 5.97 Å². The molecule has 0 aromatic rings. The highest BCUT2D eigenvalue weighted by atomic mass is 16.4. The second-order valence-electron chi connectivity index (χ2n) is 14.3. The molecule has 4 aliphatic rings. The predicted molar refractivity (Wildman–Crippen MR) is 141 cm³/mol. The number of allylic oxidation sites excluding steroid dienone is 2. The maximum absolute atomic E-state index is 12.8. The summed E-state index contributed by atoms with van der Waals surface area (Å²) in [5.41, 5.74) is 1.63. The van der Waals surface area contributed by atoms with Crippen molar-refractivity contribution >= 4 is 11.8 Å². The van der Waals surface area contributed by atoms with Crippen LogP contribution in [0.1, 0.15) is 106 Å². The van der Waals surface area contributed by atoms with Crippen LogP contribution in [0.5, 0.6) is 0 Å². The zero-order valence-corrected chi connectivity index (χ0v) is 23.5. The Morgan fingerprint density at radius 2 is 1.72 bits per heavy atom. The minimum absolute atomic E-state index is 0.00494. The van der Waals surface area contributed by atoms with Crippen LogP contribution in [-0.4, -0.2) is 38.8 Å². The highest BCUT2D eigenvalue weighted by molar-refractivity contribution is 5.85. The summed E-state index contributed by atoms with van der Waals surface area (Å²) in [4.78, 5) is 25.4. The van der Waals surface area contributed by atoms with E-state index in [0.717, 1.165) is 32.1 Å². The Bertz CT molecular complexity index is 999. The lowest BCUT2D eigenvalue weighted by Gasteiger charge is -2.60. The van der Waals surface area contributed by atoms with Crippen LogP contribution < -0.4 is 0 Å². The molecule has 202 valence electrons. The summed E-state index contributed by atoms with van der Waals surface area (Å²) in [5.74, 6) is -1.19. The van der Waals surface area contributed by atoms with Crippen molar-refractivity contribution in [1.29, 1.82) is 0 Å². The molecule has 2 saturated carbocycles. The van der Waals surface area contributed by atoms with Gasteiger partial charge in [-0.2, -0.15) is 0 Å². The number of carboxylic acids is 1. The zero-order chi connectivity index (χ0) is 27.1. The molecule has 5 heteroatoms. The molecule has 0 radical (unpaired) electrons. The standard InChI is InChI=1S/C31H48O5/c1-18(28(4,5)36)9-10-19(26(34)35)25-22(32)17-31(8)21-11-12-23-27(2,3)24(33)14-15-29(23,6)20(21)13-16-30(25,31)7/h19,22-23,25,32,36H,1,9-17H2,2-8H3,(H,34,35). The number of ketones is 1. The molecular weight excluding hydrogens is 452 g/mol. The summed E-state index contributed by atoms with van der Waals surface area (Å²) < 4.78 is 0. The van der Waals surface area contributed by atoms with E-state index < -0.39 is 23.6 Å². The molecule has 0 bridgehead atoms. The first-order valence-corrected chi connectivity index (χ1v) is 14.0. The van der Waals surface area contributed by atoms with Crippen molar-refractivity contribution in [1.82, 2.24) is 0 Å². The second kappa shape index (κ2) is 8.53. The van der Waals surface area contributed by atoms with Crippen LogP contribution in [-0.2, 0) is 9.59 Å². The van der Waals surface area contributed by atoms with E-state index in [1.807, 2.05) is 0 Å². The van der Waals surface area contributed by atoms with Crippen LogP contribution >= 0.6 is 0 Å². The number of aliphatic hydroxyl groups is 2. The molecule has 0 aromatic carbocycles. The van der Waals surface area contributed by atoms with Gasteiger partial charge in [0, 0.05) is 17.8 Å². The van der Waals surface area contributed by atoms with Gasteiger partial charge in [-0.25, -0.2) is 0 Å². The van der Waals surface area contributed by atoms with Crippen molar-refractivity contribution in [3.8, 4) is 0 Å². The third-order valence-electron chi connectivity index (χ3n) is 11.9. The lowest BCUT2D eigenvalue weighted by molar-refractivity contribution is -0.149. The second-order valence-corrected chi connectivity index (χ2v) is 14.3. The minimum Gasteiger partial charge on any atom is -0.481 e. The lowest BCUT2D eigenvalue weighted by Crippen LogP contribution is -2.54. The van der Waals surface area contributed by atoms with Crippen molar-refractivity contribution < 1.29 is 24.9 Å². The molecule has 0 amide bonds. The van der Waals surface area contributed by atoms with Crippen LogP contribution in [0.4, 0.5) is 0 Å². The molecule has 7 unspecified atom stereocenters. The third kappa shape index (κ3) is 3.78. The Morgan fingerprint density at radius 1 is 1.08 bits per heavy atom. The average Bonchev–Trinajstić information content (AvgIpc) is 2.96. The van der Waals surface area contributed by atoms with Crippen LogP contribution in [0.15, 0.2) is 23.3 Å². The summed E-state index contributed by atoms with van der Waals surface area (Å²) in [6, 6.07) is 0. The number of aliphatic hydroxyl groups excluding tert-OH is 1. The maximum atomic E-state index is 12.8. The molecule has 36 heavy (non-hydrogen) atoms. The van der Waals surface area contributed by atoms with Crippen molar-refractivity contribution in [2.75, 3.05) is 0 Å². The molecule has 4 rings (SSSR count). The molecule has 4 aliphatic carbocycles. The summed E-state index contributed by atoms with van der Waals surface area (Å²) in [7, 11) is 0. The Hall–Kier alpha value is -1.46. The van der Waals surface area contributed by atoms with Gasteiger partial charge in [0.1, 0.15) is 5.78 Å². The molecular formula is C31H48O5. The number of hydrogen-bond acceptors (Lipinski definition) is 4. The third-order valence-corrected chi connectivity index (χ3v) is 11.9. The van der Waals surface area contributed by atoms with Gasteiger partial charge in [-0.3, -0.25) is 9.59 Å². The Morgan fingerprint density at radius 3 is 2.31 bits per heavy atom. The number of rotatable bonds is 6. The molecule has 3 N–H and O–H groups in total. The van der Waals surface area contributed by atoms with E-state index in [4.69, 9.17) is 0 Å². The van der Waals surface area contributed by atoms with E-state index in [1.54, 1.807) is 13.8 Å². The molecule has 0 aliphatic heterocycles. The van der Waals surface area contributed by atoms with E-state index in [-0.39, 0.29) is 27.6 Å². The van der Waals surface area contributed by atoms with Crippen LogP contribution in [0.3, 0.4) is 0 Å². The van der Waals surface area contributed by atoms with Crippen molar-refractivity contribution in [3.05, 3.63) is 23.3 Å². The summed E-state index contributed by atoms with van der Waals surface area (Å²) in [6.07, 6.45) is 5.92. The largest absolute Gasteiger partial charge is 0.481 e. The summed E-state index contributed by atoms with van der Waals surface area (Å²) in [5, 5.41) is 32.1. The molecule has 7 atom stereocenters.